The van der Waals surface area contributed by atoms with E-state index in [2.05, 4.69) is 56.5 Å². The molecule has 5 heteroatoms. The maximum Gasteiger partial charge on any atom is 0.318 e. The zero-order chi connectivity index (χ0) is 18.2. The zero-order valence-electron chi connectivity index (χ0n) is 15.6. The highest BCUT2D eigenvalue weighted by molar-refractivity contribution is 5.82. The van der Waals surface area contributed by atoms with Crippen molar-refractivity contribution in [2.75, 3.05) is 13.1 Å². The average molecular weight is 343 g/mol. The molecule has 1 aliphatic carbocycles. The SMILES string of the molecule is Cc1cccc(C(NC(=O)N2CC(NC(=O)C3CC3)C2)C(C)(C)C)c1. The van der Waals surface area contributed by atoms with E-state index in [1.54, 1.807) is 4.90 Å². The molecule has 1 unspecified atom stereocenters. The quantitative estimate of drug-likeness (QED) is 0.883. The minimum atomic E-state index is -0.0894. The minimum absolute atomic E-state index is 0.0556. The standard InChI is InChI=1S/C20H29N3O2/c1-13-6-5-7-15(10-13)17(20(2,3)4)22-19(25)23-11-16(12-23)21-18(24)14-8-9-14/h5-7,10,14,16-17H,8-9,11-12H2,1-4H3,(H,21,24)(H,22,25). The molecule has 1 aliphatic heterocycles. The highest BCUT2D eigenvalue weighted by atomic mass is 16.2. The lowest BCUT2D eigenvalue weighted by molar-refractivity contribution is -0.123. The molecule has 1 saturated heterocycles. The molecule has 3 rings (SSSR count). The maximum absolute atomic E-state index is 12.6. The summed E-state index contributed by atoms with van der Waals surface area (Å²) in [5.41, 5.74) is 2.22. The molecule has 1 aromatic carbocycles. The first-order valence-electron chi connectivity index (χ1n) is 9.16. The van der Waals surface area contributed by atoms with E-state index >= 15 is 0 Å². The Kier molecular flexibility index (Phi) is 4.76. The molecular weight excluding hydrogens is 314 g/mol. The van der Waals surface area contributed by atoms with Gasteiger partial charge in [-0.3, -0.25) is 4.79 Å². The lowest BCUT2D eigenvalue weighted by atomic mass is 9.82. The molecule has 2 N–H and O–H groups in total. The van der Waals surface area contributed by atoms with E-state index in [0.717, 1.165) is 18.4 Å². The van der Waals surface area contributed by atoms with Crippen LogP contribution in [0.15, 0.2) is 24.3 Å². The summed E-state index contributed by atoms with van der Waals surface area (Å²) in [5.74, 6) is 0.367. The number of amides is 3. The van der Waals surface area contributed by atoms with Gasteiger partial charge in [-0.1, -0.05) is 50.6 Å². The van der Waals surface area contributed by atoms with Gasteiger partial charge in [-0.2, -0.15) is 0 Å². The number of urea groups is 1. The van der Waals surface area contributed by atoms with E-state index < -0.39 is 0 Å². The highest BCUT2D eigenvalue weighted by Gasteiger charge is 2.37. The molecule has 1 atom stereocenters. The van der Waals surface area contributed by atoms with Crippen LogP contribution in [0.1, 0.15) is 50.8 Å². The first-order valence-corrected chi connectivity index (χ1v) is 9.16. The van der Waals surface area contributed by atoms with Crippen LogP contribution >= 0.6 is 0 Å². The highest BCUT2D eigenvalue weighted by Crippen LogP contribution is 2.33. The Morgan fingerprint density at radius 1 is 1.20 bits per heavy atom. The van der Waals surface area contributed by atoms with Gasteiger partial charge in [-0.25, -0.2) is 4.79 Å². The Morgan fingerprint density at radius 3 is 2.44 bits per heavy atom. The zero-order valence-corrected chi connectivity index (χ0v) is 15.6. The normalized spacial score (nSPS) is 19.1. The number of carbonyl (C=O) groups excluding carboxylic acids is 2. The topological polar surface area (TPSA) is 61.4 Å². The van der Waals surface area contributed by atoms with E-state index in [0.29, 0.717) is 13.1 Å². The maximum atomic E-state index is 12.6. The number of aryl methyl sites for hydroxylation is 1. The van der Waals surface area contributed by atoms with Crippen molar-refractivity contribution in [3.63, 3.8) is 0 Å². The van der Waals surface area contributed by atoms with E-state index in [1.165, 1.54) is 5.56 Å². The van der Waals surface area contributed by atoms with Gasteiger partial charge < -0.3 is 15.5 Å². The van der Waals surface area contributed by atoms with Crippen molar-refractivity contribution in [1.29, 1.82) is 0 Å². The lowest BCUT2D eigenvalue weighted by Gasteiger charge is -2.41. The van der Waals surface area contributed by atoms with E-state index in [1.807, 2.05) is 6.07 Å². The smallest absolute Gasteiger partial charge is 0.318 e. The van der Waals surface area contributed by atoms with Gasteiger partial charge in [0.1, 0.15) is 0 Å². The number of nitrogens with one attached hydrogen (secondary N) is 2. The second-order valence-corrected chi connectivity index (χ2v) is 8.55. The predicted molar refractivity (Wildman–Crippen MR) is 98.1 cm³/mol. The average Bonchev–Trinajstić information content (AvgIpc) is 3.31. The van der Waals surface area contributed by atoms with Crippen LogP contribution in [0.3, 0.4) is 0 Å². The molecule has 2 fully saturated rings. The Balaban J connectivity index is 1.57. The van der Waals surface area contributed by atoms with Gasteiger partial charge in [0, 0.05) is 19.0 Å². The molecule has 2 aliphatic rings. The van der Waals surface area contributed by atoms with Crippen LogP contribution in [0.5, 0.6) is 0 Å². The summed E-state index contributed by atoms with van der Waals surface area (Å²) in [6.07, 6.45) is 2.01. The van der Waals surface area contributed by atoms with Crippen LogP contribution < -0.4 is 10.6 Å². The first-order chi connectivity index (χ1) is 11.7. The summed E-state index contributed by atoms with van der Waals surface area (Å²) < 4.78 is 0. The van der Waals surface area contributed by atoms with Crippen molar-refractivity contribution in [1.82, 2.24) is 15.5 Å². The summed E-state index contributed by atoms with van der Waals surface area (Å²) in [7, 11) is 0. The fraction of sp³-hybridized carbons (Fsp3) is 0.600. The molecule has 0 radical (unpaired) electrons. The minimum Gasteiger partial charge on any atom is -0.350 e. The molecule has 1 saturated carbocycles. The Bertz CT molecular complexity index is 655. The van der Waals surface area contributed by atoms with Crippen molar-refractivity contribution in [3.8, 4) is 0 Å². The van der Waals surface area contributed by atoms with Crippen LogP contribution in [0.25, 0.3) is 0 Å². The van der Waals surface area contributed by atoms with Crippen molar-refractivity contribution in [2.24, 2.45) is 11.3 Å². The number of carbonyl (C=O) groups is 2. The molecule has 1 aromatic rings. The number of benzene rings is 1. The molecule has 0 bridgehead atoms. The molecule has 1 heterocycles. The molecule has 0 spiro atoms. The number of likely N-dealkylation sites (tertiary alicyclic amines) is 1. The number of rotatable bonds is 4. The van der Waals surface area contributed by atoms with E-state index in [4.69, 9.17) is 0 Å². The van der Waals surface area contributed by atoms with Crippen molar-refractivity contribution in [3.05, 3.63) is 35.4 Å². The summed E-state index contributed by atoms with van der Waals surface area (Å²) in [5, 5.41) is 6.21. The summed E-state index contributed by atoms with van der Waals surface area (Å²) in [4.78, 5) is 26.2. The monoisotopic (exact) mass is 343 g/mol. The molecule has 3 amide bonds. The van der Waals surface area contributed by atoms with Gasteiger partial charge in [0.25, 0.3) is 0 Å². The third-order valence-corrected chi connectivity index (χ3v) is 4.97. The number of hydrogen-bond donors (Lipinski definition) is 2. The Labute approximate surface area is 150 Å². The van der Waals surface area contributed by atoms with Gasteiger partial charge >= 0.3 is 6.03 Å². The fourth-order valence-corrected chi connectivity index (χ4v) is 3.26. The summed E-state index contributed by atoms with van der Waals surface area (Å²) >= 11 is 0. The van der Waals surface area contributed by atoms with Crippen LogP contribution in [0, 0.1) is 18.3 Å². The number of hydrogen-bond acceptors (Lipinski definition) is 2. The second kappa shape index (κ2) is 6.70. The third kappa shape index (κ3) is 4.33. The summed E-state index contributed by atoms with van der Waals surface area (Å²) in [6, 6.07) is 8.28. The molecule has 25 heavy (non-hydrogen) atoms. The van der Waals surface area contributed by atoms with Crippen molar-refractivity contribution in [2.45, 2.75) is 52.6 Å². The van der Waals surface area contributed by atoms with Gasteiger partial charge in [0.15, 0.2) is 0 Å². The largest absolute Gasteiger partial charge is 0.350 e. The van der Waals surface area contributed by atoms with Gasteiger partial charge in [0.2, 0.25) is 5.91 Å². The molecular formula is C20H29N3O2. The summed E-state index contributed by atoms with van der Waals surface area (Å²) in [6.45, 7) is 9.65. The van der Waals surface area contributed by atoms with Crippen LogP contribution in [0.4, 0.5) is 4.79 Å². The Morgan fingerprint density at radius 2 is 1.88 bits per heavy atom. The van der Waals surface area contributed by atoms with Crippen LogP contribution in [-0.2, 0) is 4.79 Å². The van der Waals surface area contributed by atoms with Gasteiger partial charge in [-0.15, -0.1) is 0 Å². The van der Waals surface area contributed by atoms with Crippen molar-refractivity contribution < 1.29 is 9.59 Å². The van der Waals surface area contributed by atoms with Crippen LogP contribution in [0.2, 0.25) is 0 Å². The van der Waals surface area contributed by atoms with E-state index in [-0.39, 0.29) is 35.4 Å². The molecule has 136 valence electrons. The molecule has 5 nitrogen and oxygen atoms in total. The fourth-order valence-electron chi connectivity index (χ4n) is 3.26. The van der Waals surface area contributed by atoms with E-state index in [9.17, 15) is 9.59 Å². The van der Waals surface area contributed by atoms with Gasteiger partial charge in [-0.05, 0) is 30.7 Å². The predicted octanol–water partition coefficient (Wildman–Crippen LogP) is 3.00. The Hall–Kier alpha value is -2.04. The second-order valence-electron chi connectivity index (χ2n) is 8.55. The third-order valence-electron chi connectivity index (χ3n) is 4.97. The van der Waals surface area contributed by atoms with Crippen molar-refractivity contribution >= 4 is 11.9 Å². The number of nitrogens with zero attached hydrogens (tertiary/aromatic N) is 1. The molecule has 0 aromatic heterocycles. The van der Waals surface area contributed by atoms with Crippen LogP contribution in [-0.4, -0.2) is 36.0 Å². The first kappa shape index (κ1) is 17.8. The lowest BCUT2D eigenvalue weighted by Crippen LogP contribution is -2.63. The van der Waals surface area contributed by atoms with Gasteiger partial charge in [0.05, 0.1) is 12.1 Å².